The van der Waals surface area contributed by atoms with Crippen molar-refractivity contribution in [1.29, 1.82) is 0 Å². The van der Waals surface area contributed by atoms with Gasteiger partial charge in [0, 0.05) is 30.6 Å². The first-order chi connectivity index (χ1) is 13.7. The summed E-state index contributed by atoms with van der Waals surface area (Å²) in [6, 6.07) is 0. The van der Waals surface area contributed by atoms with Gasteiger partial charge in [-0.05, 0) is 30.4 Å². The lowest BCUT2D eigenvalue weighted by Crippen LogP contribution is -2.59. The second kappa shape index (κ2) is 6.99. The van der Waals surface area contributed by atoms with Crippen molar-refractivity contribution in [3.63, 3.8) is 0 Å². The molecule has 30 heavy (non-hydrogen) atoms. The van der Waals surface area contributed by atoms with Gasteiger partial charge in [-0.15, -0.1) is 0 Å². The van der Waals surface area contributed by atoms with Crippen molar-refractivity contribution in [2.75, 3.05) is 6.61 Å². The van der Waals surface area contributed by atoms with E-state index in [0.29, 0.717) is 11.1 Å². The molecule has 0 bridgehead atoms. The molecule has 3 aliphatic carbocycles. The van der Waals surface area contributed by atoms with Crippen LogP contribution in [0.15, 0.2) is 23.3 Å². The zero-order chi connectivity index (χ0) is 22.9. The van der Waals surface area contributed by atoms with Crippen molar-refractivity contribution in [1.82, 2.24) is 0 Å². The van der Waals surface area contributed by atoms with Crippen molar-refractivity contribution in [2.24, 2.45) is 23.2 Å². The molecule has 3 aliphatic rings. The molecule has 7 heteroatoms. The molecule has 1 fully saturated rings. The Balaban J connectivity index is 2.11. The van der Waals surface area contributed by atoms with E-state index in [1.165, 1.54) is 6.92 Å². The molecule has 1 saturated carbocycles. The summed E-state index contributed by atoms with van der Waals surface area (Å²) in [5, 5.41) is 44.4. The van der Waals surface area contributed by atoms with Gasteiger partial charge in [0.25, 0.3) is 0 Å². The standard InChI is InChI=1S/C23H34O7/c1-12-9-17-21(27,8-7-16(11-24)10-22(17,28)18(12)26)13(2)19(30-15(4)25)23(29)14(3)20(23,5)6/h7,9,13-14,17,19,24,27-29H,8,10-11H2,1-6H3/t13-,14-,17+,19-,21+,22-,23-/m1/s1. The fourth-order valence-corrected chi connectivity index (χ4v) is 5.80. The largest absolute Gasteiger partial charge is 0.459 e. The molecule has 7 nitrogen and oxygen atoms in total. The molecule has 168 valence electrons. The van der Waals surface area contributed by atoms with Crippen LogP contribution in [0.2, 0.25) is 0 Å². The molecular formula is C23H34O7. The van der Waals surface area contributed by atoms with Crippen LogP contribution < -0.4 is 0 Å². The van der Waals surface area contributed by atoms with E-state index in [4.69, 9.17) is 4.74 Å². The number of ether oxygens (including phenoxy) is 1. The van der Waals surface area contributed by atoms with Gasteiger partial charge >= 0.3 is 5.97 Å². The van der Waals surface area contributed by atoms with Crippen molar-refractivity contribution in [2.45, 2.75) is 77.3 Å². The number of hydrogen-bond donors (Lipinski definition) is 4. The number of aliphatic hydroxyl groups is 4. The maximum absolute atomic E-state index is 12.8. The summed E-state index contributed by atoms with van der Waals surface area (Å²) >= 11 is 0. The van der Waals surface area contributed by atoms with Gasteiger partial charge in [-0.1, -0.05) is 39.8 Å². The molecule has 0 aromatic heterocycles. The maximum atomic E-state index is 12.8. The number of Topliss-reactive ketones (excluding diaryl/α,β-unsaturated/α-hetero) is 1. The van der Waals surface area contributed by atoms with Crippen LogP contribution in [-0.2, 0) is 14.3 Å². The summed E-state index contributed by atoms with van der Waals surface area (Å²) in [7, 11) is 0. The van der Waals surface area contributed by atoms with Gasteiger partial charge in [0.2, 0.25) is 0 Å². The maximum Gasteiger partial charge on any atom is 0.303 e. The number of esters is 1. The predicted molar refractivity (Wildman–Crippen MR) is 109 cm³/mol. The number of carbonyl (C=O) groups is 2. The summed E-state index contributed by atoms with van der Waals surface area (Å²) < 4.78 is 5.59. The Hall–Kier alpha value is -1.54. The highest BCUT2D eigenvalue weighted by molar-refractivity contribution is 6.04. The number of fused-ring (bicyclic) bond motifs is 1. The predicted octanol–water partition coefficient (Wildman–Crippen LogP) is 1.28. The highest BCUT2D eigenvalue weighted by Gasteiger charge is 2.75. The molecule has 7 atom stereocenters. The summed E-state index contributed by atoms with van der Waals surface area (Å²) in [5.74, 6) is -3.02. The number of rotatable bonds is 5. The van der Waals surface area contributed by atoms with Crippen LogP contribution in [-0.4, -0.2) is 61.7 Å². The van der Waals surface area contributed by atoms with Gasteiger partial charge < -0.3 is 25.2 Å². The lowest BCUT2D eigenvalue weighted by molar-refractivity contribution is -0.190. The van der Waals surface area contributed by atoms with E-state index in [-0.39, 0.29) is 25.4 Å². The van der Waals surface area contributed by atoms with Crippen LogP contribution in [0.25, 0.3) is 0 Å². The number of ketones is 1. The average Bonchev–Trinajstić information content (AvgIpc) is 3.00. The third kappa shape index (κ3) is 2.93. The Morgan fingerprint density at radius 2 is 1.87 bits per heavy atom. The molecule has 0 saturated heterocycles. The Morgan fingerprint density at radius 1 is 1.30 bits per heavy atom. The Kier molecular flexibility index (Phi) is 5.39. The molecule has 0 aliphatic heterocycles. The first-order valence-electron chi connectivity index (χ1n) is 10.5. The Morgan fingerprint density at radius 3 is 2.33 bits per heavy atom. The van der Waals surface area contributed by atoms with Gasteiger partial charge in [0.15, 0.2) is 5.78 Å². The SMILES string of the molecule is CC(=O)O[C@H]([C@@H](C)[C@@]1(O)CC=C(CO)C[C@]2(O)C(=O)C(C)=C[C@@H]12)[C@]1(O)[C@H](C)C1(C)C. The highest BCUT2D eigenvalue weighted by Crippen LogP contribution is 2.66. The number of aliphatic hydroxyl groups excluding tert-OH is 1. The molecular weight excluding hydrogens is 388 g/mol. The quantitative estimate of drug-likeness (QED) is 0.389. The van der Waals surface area contributed by atoms with Crippen LogP contribution in [0, 0.1) is 23.2 Å². The van der Waals surface area contributed by atoms with Gasteiger partial charge in [-0.2, -0.15) is 0 Å². The molecule has 0 aromatic carbocycles. The minimum absolute atomic E-state index is 0.0384. The van der Waals surface area contributed by atoms with Gasteiger partial charge in [-0.3, -0.25) is 9.59 Å². The van der Waals surface area contributed by atoms with Crippen molar-refractivity contribution < 1.29 is 34.8 Å². The Labute approximate surface area is 177 Å². The highest BCUT2D eigenvalue weighted by atomic mass is 16.6. The van der Waals surface area contributed by atoms with E-state index in [9.17, 15) is 30.0 Å². The number of hydrogen-bond acceptors (Lipinski definition) is 7. The van der Waals surface area contributed by atoms with Crippen LogP contribution in [0.4, 0.5) is 0 Å². The second-order valence-electron chi connectivity index (χ2n) is 10.1. The second-order valence-corrected chi connectivity index (χ2v) is 10.1. The summed E-state index contributed by atoms with van der Waals surface area (Å²) in [6.45, 7) is 9.80. The van der Waals surface area contributed by atoms with Crippen LogP contribution in [0.5, 0.6) is 0 Å². The monoisotopic (exact) mass is 422 g/mol. The fourth-order valence-electron chi connectivity index (χ4n) is 5.80. The van der Waals surface area contributed by atoms with Crippen LogP contribution in [0.3, 0.4) is 0 Å². The molecule has 0 amide bonds. The molecule has 0 aromatic rings. The van der Waals surface area contributed by atoms with E-state index in [1.807, 2.05) is 20.8 Å². The topological polar surface area (TPSA) is 124 Å². The fraction of sp³-hybridized carbons (Fsp3) is 0.739. The molecule has 4 N–H and O–H groups in total. The van der Waals surface area contributed by atoms with Crippen molar-refractivity contribution >= 4 is 11.8 Å². The molecule has 0 spiro atoms. The molecule has 0 heterocycles. The summed E-state index contributed by atoms with van der Waals surface area (Å²) in [6.07, 6.45) is 2.13. The van der Waals surface area contributed by atoms with E-state index in [2.05, 4.69) is 0 Å². The summed E-state index contributed by atoms with van der Waals surface area (Å²) in [5.41, 5.74) is -4.68. The number of carbonyl (C=O) groups excluding carboxylic acids is 2. The first kappa shape index (κ1) is 23.1. The summed E-state index contributed by atoms with van der Waals surface area (Å²) in [4.78, 5) is 24.7. The lowest BCUT2D eigenvalue weighted by atomic mass is 9.66. The third-order valence-electron chi connectivity index (χ3n) is 8.30. The molecule has 0 radical (unpaired) electrons. The zero-order valence-corrected chi connectivity index (χ0v) is 18.6. The zero-order valence-electron chi connectivity index (χ0n) is 18.6. The van der Waals surface area contributed by atoms with Crippen LogP contribution in [0.1, 0.15) is 54.4 Å². The first-order valence-corrected chi connectivity index (χ1v) is 10.5. The van der Waals surface area contributed by atoms with E-state index >= 15 is 0 Å². The van der Waals surface area contributed by atoms with Gasteiger partial charge in [0.1, 0.15) is 17.3 Å². The van der Waals surface area contributed by atoms with Crippen molar-refractivity contribution in [3.05, 3.63) is 23.3 Å². The molecule has 3 rings (SSSR count). The minimum Gasteiger partial charge on any atom is -0.459 e. The van der Waals surface area contributed by atoms with Crippen molar-refractivity contribution in [3.8, 4) is 0 Å². The van der Waals surface area contributed by atoms with Gasteiger partial charge in [0.05, 0.1) is 12.2 Å². The van der Waals surface area contributed by atoms with E-state index in [0.717, 1.165) is 0 Å². The van der Waals surface area contributed by atoms with E-state index < -0.39 is 51.9 Å². The van der Waals surface area contributed by atoms with Crippen LogP contribution >= 0.6 is 0 Å². The average molecular weight is 423 g/mol. The lowest BCUT2D eigenvalue weighted by Gasteiger charge is -2.46. The minimum atomic E-state index is -1.90. The molecule has 0 unspecified atom stereocenters. The van der Waals surface area contributed by atoms with E-state index in [1.54, 1.807) is 26.0 Å². The third-order valence-corrected chi connectivity index (χ3v) is 8.30. The smallest absolute Gasteiger partial charge is 0.303 e. The normalized spacial score (nSPS) is 41.9. The Bertz CT molecular complexity index is 827. The van der Waals surface area contributed by atoms with Gasteiger partial charge in [-0.25, -0.2) is 0 Å².